The number of aromatic nitrogens is 1. The van der Waals surface area contributed by atoms with E-state index < -0.39 is 5.97 Å². The lowest BCUT2D eigenvalue weighted by atomic mass is 10.1. The van der Waals surface area contributed by atoms with Crippen molar-refractivity contribution in [3.8, 4) is 5.75 Å². The second-order valence-electron chi connectivity index (χ2n) is 5.65. The van der Waals surface area contributed by atoms with Gasteiger partial charge in [-0.25, -0.2) is 4.39 Å². The number of carboxylic acids is 1. The second kappa shape index (κ2) is 7.65. The van der Waals surface area contributed by atoms with E-state index in [4.69, 9.17) is 9.84 Å². The van der Waals surface area contributed by atoms with Crippen LogP contribution in [0.5, 0.6) is 5.75 Å². The number of fused-ring (bicyclic) bond motifs is 1. The molecule has 1 aromatic heterocycles. The number of hydrogen-bond acceptors (Lipinski definition) is 3. The fourth-order valence-electron chi connectivity index (χ4n) is 2.53. The normalized spacial score (nSPS) is 11.1. The SMILES string of the molecule is O=C(O)CCOc1cccc(C=CC(=O)c2c[nH]c3cc(F)ccc23)c1. The summed E-state index contributed by atoms with van der Waals surface area (Å²) < 4.78 is 18.6. The third-order valence-corrected chi connectivity index (χ3v) is 3.78. The smallest absolute Gasteiger partial charge is 0.306 e. The minimum absolute atomic E-state index is 0.0767. The average molecular weight is 353 g/mol. The first-order valence-electron chi connectivity index (χ1n) is 7.96. The Labute approximate surface area is 148 Å². The molecule has 2 aromatic carbocycles. The molecule has 6 heteroatoms. The molecule has 0 aliphatic heterocycles. The quantitative estimate of drug-likeness (QED) is 0.496. The zero-order valence-corrected chi connectivity index (χ0v) is 13.7. The number of benzene rings is 2. The van der Waals surface area contributed by atoms with Crippen molar-refractivity contribution in [2.75, 3.05) is 6.61 Å². The van der Waals surface area contributed by atoms with E-state index >= 15 is 0 Å². The van der Waals surface area contributed by atoms with E-state index in [-0.39, 0.29) is 24.6 Å². The molecule has 0 atom stereocenters. The van der Waals surface area contributed by atoms with Crippen molar-refractivity contribution in [2.24, 2.45) is 0 Å². The Kier molecular flexibility index (Phi) is 5.12. The van der Waals surface area contributed by atoms with Crippen LogP contribution in [0.2, 0.25) is 0 Å². The molecule has 1 heterocycles. The van der Waals surface area contributed by atoms with Gasteiger partial charge in [0, 0.05) is 22.7 Å². The molecule has 0 unspecified atom stereocenters. The van der Waals surface area contributed by atoms with Gasteiger partial charge in [0.05, 0.1) is 13.0 Å². The second-order valence-corrected chi connectivity index (χ2v) is 5.65. The van der Waals surface area contributed by atoms with Gasteiger partial charge < -0.3 is 14.8 Å². The molecule has 0 aliphatic carbocycles. The third-order valence-electron chi connectivity index (χ3n) is 3.78. The lowest BCUT2D eigenvalue weighted by molar-refractivity contribution is -0.137. The van der Waals surface area contributed by atoms with Gasteiger partial charge in [-0.2, -0.15) is 0 Å². The Balaban J connectivity index is 1.72. The molecule has 5 nitrogen and oxygen atoms in total. The summed E-state index contributed by atoms with van der Waals surface area (Å²) in [6.07, 6.45) is 4.55. The zero-order valence-electron chi connectivity index (χ0n) is 13.7. The van der Waals surface area contributed by atoms with E-state index in [2.05, 4.69) is 4.98 Å². The highest BCUT2D eigenvalue weighted by Crippen LogP contribution is 2.21. The fraction of sp³-hybridized carbons (Fsp3) is 0.100. The summed E-state index contributed by atoms with van der Waals surface area (Å²) >= 11 is 0. The summed E-state index contributed by atoms with van der Waals surface area (Å²) in [6, 6.07) is 11.2. The fourth-order valence-corrected chi connectivity index (χ4v) is 2.53. The molecule has 3 rings (SSSR count). The van der Waals surface area contributed by atoms with Gasteiger partial charge in [-0.15, -0.1) is 0 Å². The van der Waals surface area contributed by atoms with E-state index in [1.807, 2.05) is 0 Å². The number of hydrogen-bond donors (Lipinski definition) is 2. The zero-order chi connectivity index (χ0) is 18.5. The van der Waals surface area contributed by atoms with Crippen molar-refractivity contribution in [3.05, 3.63) is 71.7 Å². The largest absolute Gasteiger partial charge is 0.493 e. The number of carboxylic acid groups (broad SMARTS) is 1. The molecular formula is C20H16FNO4. The lowest BCUT2D eigenvalue weighted by Gasteiger charge is -2.05. The van der Waals surface area contributed by atoms with Crippen LogP contribution in [-0.4, -0.2) is 28.4 Å². The molecule has 0 bridgehead atoms. The number of nitrogens with one attached hydrogen (secondary N) is 1. The molecule has 0 saturated heterocycles. The molecule has 0 spiro atoms. The van der Waals surface area contributed by atoms with Crippen molar-refractivity contribution < 1.29 is 23.8 Å². The highest BCUT2D eigenvalue weighted by Gasteiger charge is 2.10. The molecule has 26 heavy (non-hydrogen) atoms. The molecule has 3 aromatic rings. The number of aromatic amines is 1. The first kappa shape index (κ1) is 17.4. The van der Waals surface area contributed by atoms with Crippen LogP contribution >= 0.6 is 0 Å². The monoisotopic (exact) mass is 353 g/mol. The summed E-state index contributed by atoms with van der Waals surface area (Å²) in [7, 11) is 0. The van der Waals surface area contributed by atoms with Gasteiger partial charge >= 0.3 is 5.97 Å². The van der Waals surface area contributed by atoms with Crippen molar-refractivity contribution in [1.29, 1.82) is 0 Å². The molecule has 2 N–H and O–H groups in total. The molecular weight excluding hydrogens is 337 g/mol. The Hall–Kier alpha value is -3.41. The number of carbonyl (C=O) groups excluding carboxylic acids is 1. The van der Waals surface area contributed by atoms with Crippen LogP contribution in [0.15, 0.2) is 54.7 Å². The average Bonchev–Trinajstić information content (AvgIpc) is 3.03. The van der Waals surface area contributed by atoms with Crippen molar-refractivity contribution >= 4 is 28.7 Å². The summed E-state index contributed by atoms with van der Waals surface area (Å²) in [5.41, 5.74) is 1.78. The number of ketones is 1. The van der Waals surface area contributed by atoms with Crippen LogP contribution in [0.4, 0.5) is 4.39 Å². The van der Waals surface area contributed by atoms with Crippen LogP contribution in [-0.2, 0) is 4.79 Å². The molecule has 132 valence electrons. The summed E-state index contributed by atoms with van der Waals surface area (Å²) in [5, 5.41) is 9.28. The first-order chi connectivity index (χ1) is 12.5. The van der Waals surface area contributed by atoms with Crippen LogP contribution < -0.4 is 4.74 Å². The number of ether oxygens (including phenoxy) is 1. The highest BCUT2D eigenvalue weighted by atomic mass is 19.1. The molecule has 0 fully saturated rings. The first-order valence-corrected chi connectivity index (χ1v) is 7.96. The predicted molar refractivity (Wildman–Crippen MR) is 95.8 cm³/mol. The van der Waals surface area contributed by atoms with Crippen LogP contribution in [0, 0.1) is 5.82 Å². The van der Waals surface area contributed by atoms with E-state index in [1.54, 1.807) is 42.6 Å². The van der Waals surface area contributed by atoms with Crippen LogP contribution in [0.3, 0.4) is 0 Å². The van der Waals surface area contributed by atoms with Gasteiger partial charge in [0.2, 0.25) is 0 Å². The van der Waals surface area contributed by atoms with Crippen molar-refractivity contribution in [1.82, 2.24) is 4.98 Å². The Morgan fingerprint density at radius 2 is 2.04 bits per heavy atom. The van der Waals surface area contributed by atoms with Gasteiger partial charge in [0.15, 0.2) is 5.78 Å². The standard InChI is InChI=1S/C20H16FNO4/c21-14-5-6-16-17(12-22-18(16)11-14)19(23)7-4-13-2-1-3-15(10-13)26-9-8-20(24)25/h1-7,10-12,22H,8-9H2,(H,24,25). The minimum atomic E-state index is -0.926. The lowest BCUT2D eigenvalue weighted by Crippen LogP contribution is -2.04. The third kappa shape index (κ3) is 4.16. The number of carbonyl (C=O) groups is 2. The van der Waals surface area contributed by atoms with Gasteiger partial charge in [0.25, 0.3) is 0 Å². The van der Waals surface area contributed by atoms with E-state index in [0.29, 0.717) is 22.2 Å². The predicted octanol–water partition coefficient (Wildman–Crippen LogP) is 4.06. The van der Waals surface area contributed by atoms with E-state index in [0.717, 1.165) is 5.56 Å². The minimum Gasteiger partial charge on any atom is -0.493 e. The van der Waals surface area contributed by atoms with E-state index in [1.165, 1.54) is 18.2 Å². The maximum atomic E-state index is 13.2. The Morgan fingerprint density at radius 3 is 2.85 bits per heavy atom. The number of allylic oxidation sites excluding steroid dienone is 1. The highest BCUT2D eigenvalue weighted by molar-refractivity contribution is 6.14. The number of halogens is 1. The van der Waals surface area contributed by atoms with Gasteiger partial charge in [-0.05, 0) is 42.0 Å². The molecule has 0 radical (unpaired) electrons. The number of H-pyrrole nitrogens is 1. The molecule has 0 amide bonds. The number of rotatable bonds is 7. The topological polar surface area (TPSA) is 79.4 Å². The van der Waals surface area contributed by atoms with E-state index in [9.17, 15) is 14.0 Å². The summed E-state index contributed by atoms with van der Waals surface area (Å²) in [5.74, 6) is -0.970. The van der Waals surface area contributed by atoms with Crippen molar-refractivity contribution in [2.45, 2.75) is 6.42 Å². The maximum Gasteiger partial charge on any atom is 0.306 e. The number of aliphatic carboxylic acids is 1. The Bertz CT molecular complexity index is 990. The maximum absolute atomic E-state index is 13.2. The molecule has 0 aliphatic rings. The van der Waals surface area contributed by atoms with Gasteiger partial charge in [-0.3, -0.25) is 9.59 Å². The van der Waals surface area contributed by atoms with Gasteiger partial charge in [0.1, 0.15) is 11.6 Å². The summed E-state index contributed by atoms with van der Waals surface area (Å²) in [6.45, 7) is 0.0767. The van der Waals surface area contributed by atoms with Crippen molar-refractivity contribution in [3.63, 3.8) is 0 Å². The molecule has 0 saturated carbocycles. The summed E-state index contributed by atoms with van der Waals surface area (Å²) in [4.78, 5) is 25.8. The Morgan fingerprint density at radius 1 is 1.19 bits per heavy atom. The van der Waals surface area contributed by atoms with Crippen LogP contribution in [0.25, 0.3) is 17.0 Å². The van der Waals surface area contributed by atoms with Gasteiger partial charge in [-0.1, -0.05) is 18.2 Å². The van der Waals surface area contributed by atoms with Crippen LogP contribution in [0.1, 0.15) is 22.3 Å².